The number of carbonyl (C=O) groups is 2. The number of carbonyl (C=O) groups excluding carboxylic acids is 2. The van der Waals surface area contributed by atoms with Crippen LogP contribution in [0.15, 0.2) is 64.5 Å². The summed E-state index contributed by atoms with van der Waals surface area (Å²) in [5.74, 6) is 0.712. The SMILES string of the molecule is C=CCN(CC(=O)N(Cc1ccc2c(c1)OCO2)Cc1coc2ccc(Cl)cc2c1=O)C(=O)CCCl. The highest BCUT2D eigenvalue weighted by Crippen LogP contribution is 2.33. The van der Waals surface area contributed by atoms with Gasteiger partial charge in [0.2, 0.25) is 18.6 Å². The maximum absolute atomic E-state index is 13.5. The van der Waals surface area contributed by atoms with Crippen molar-refractivity contribution < 1.29 is 23.5 Å². The Morgan fingerprint density at radius 3 is 2.61 bits per heavy atom. The number of nitrogens with zero attached hydrogens (tertiary/aromatic N) is 2. The second kappa shape index (κ2) is 11.5. The summed E-state index contributed by atoms with van der Waals surface area (Å²) in [6, 6.07) is 10.2. The zero-order chi connectivity index (χ0) is 25.7. The minimum atomic E-state index is -0.358. The normalized spacial score (nSPS) is 11.9. The van der Waals surface area contributed by atoms with Crippen LogP contribution in [0.5, 0.6) is 11.5 Å². The lowest BCUT2D eigenvalue weighted by atomic mass is 10.1. The van der Waals surface area contributed by atoms with Crippen LogP contribution in [-0.2, 0) is 22.7 Å². The van der Waals surface area contributed by atoms with E-state index < -0.39 is 0 Å². The number of amides is 2. The molecule has 3 aromatic rings. The molecule has 0 radical (unpaired) electrons. The Bertz CT molecular complexity index is 1360. The third-order valence-electron chi connectivity index (χ3n) is 5.67. The summed E-state index contributed by atoms with van der Waals surface area (Å²) >= 11 is 11.8. The largest absolute Gasteiger partial charge is 0.464 e. The molecular weight excluding hydrogens is 507 g/mol. The first kappa shape index (κ1) is 25.6. The molecule has 2 heterocycles. The first-order valence-corrected chi connectivity index (χ1v) is 12.1. The van der Waals surface area contributed by atoms with Gasteiger partial charge in [0.1, 0.15) is 12.1 Å². The number of hydrogen-bond acceptors (Lipinski definition) is 6. The van der Waals surface area contributed by atoms with Crippen LogP contribution < -0.4 is 14.9 Å². The molecule has 0 aliphatic carbocycles. The van der Waals surface area contributed by atoms with Crippen molar-refractivity contribution in [3.05, 3.63) is 81.7 Å². The van der Waals surface area contributed by atoms with Gasteiger partial charge in [-0.3, -0.25) is 14.4 Å². The van der Waals surface area contributed by atoms with Gasteiger partial charge in [0.05, 0.1) is 23.8 Å². The summed E-state index contributed by atoms with van der Waals surface area (Å²) < 4.78 is 16.5. The molecule has 0 unspecified atom stereocenters. The molecule has 1 aliphatic rings. The van der Waals surface area contributed by atoms with E-state index in [1.54, 1.807) is 30.3 Å². The smallest absolute Gasteiger partial charge is 0.242 e. The van der Waals surface area contributed by atoms with Crippen molar-refractivity contribution in [3.8, 4) is 11.5 Å². The van der Waals surface area contributed by atoms with Crippen LogP contribution in [0.4, 0.5) is 0 Å². The van der Waals surface area contributed by atoms with Crippen LogP contribution in [-0.4, -0.2) is 47.4 Å². The van der Waals surface area contributed by atoms with E-state index in [0.717, 1.165) is 5.56 Å². The number of rotatable bonds is 10. The van der Waals surface area contributed by atoms with Crippen molar-refractivity contribution in [1.29, 1.82) is 0 Å². The summed E-state index contributed by atoms with van der Waals surface area (Å²) in [7, 11) is 0. The van der Waals surface area contributed by atoms with Crippen LogP contribution in [0, 0.1) is 0 Å². The fourth-order valence-electron chi connectivity index (χ4n) is 3.86. The Kier molecular flexibility index (Phi) is 8.18. The van der Waals surface area contributed by atoms with Gasteiger partial charge in [0.25, 0.3) is 0 Å². The van der Waals surface area contributed by atoms with E-state index in [-0.39, 0.29) is 68.1 Å². The highest BCUT2D eigenvalue weighted by atomic mass is 35.5. The maximum atomic E-state index is 13.5. The third kappa shape index (κ3) is 5.83. The molecule has 0 N–H and O–H groups in total. The summed E-state index contributed by atoms with van der Waals surface area (Å²) in [5.41, 5.74) is 1.15. The van der Waals surface area contributed by atoms with Crippen molar-refractivity contribution in [2.45, 2.75) is 19.5 Å². The summed E-state index contributed by atoms with van der Waals surface area (Å²) in [4.78, 5) is 42.0. The Morgan fingerprint density at radius 1 is 1.03 bits per heavy atom. The van der Waals surface area contributed by atoms with Crippen molar-refractivity contribution in [2.24, 2.45) is 0 Å². The lowest BCUT2D eigenvalue weighted by Gasteiger charge is -2.27. The predicted molar refractivity (Wildman–Crippen MR) is 136 cm³/mol. The second-order valence-electron chi connectivity index (χ2n) is 8.17. The van der Waals surface area contributed by atoms with Crippen LogP contribution >= 0.6 is 23.2 Å². The van der Waals surface area contributed by atoms with Crippen molar-refractivity contribution >= 4 is 46.0 Å². The molecule has 10 heteroatoms. The third-order valence-corrected chi connectivity index (χ3v) is 6.09. The number of fused-ring (bicyclic) bond motifs is 2. The average Bonchev–Trinajstić information content (AvgIpc) is 3.33. The molecule has 0 spiro atoms. The molecule has 188 valence electrons. The summed E-state index contributed by atoms with van der Waals surface area (Å²) in [5, 5.41) is 0.721. The standard InChI is InChI=1S/C26H24Cl2N2O6/c1-2-9-29(24(31)7-8-27)14-25(32)30(12-17-3-5-22-23(10-17)36-16-35-22)13-18-15-34-21-6-4-19(28)11-20(21)26(18)33/h2-6,10-11,15H,1,7-9,12-14,16H2. The van der Waals surface area contributed by atoms with Gasteiger partial charge < -0.3 is 23.7 Å². The van der Waals surface area contributed by atoms with Gasteiger partial charge in [0, 0.05) is 30.4 Å². The van der Waals surface area contributed by atoms with Crippen LogP contribution in [0.3, 0.4) is 0 Å². The minimum Gasteiger partial charge on any atom is -0.464 e. The summed E-state index contributed by atoms with van der Waals surface area (Å²) in [6.45, 7) is 3.91. The molecule has 0 bridgehead atoms. The van der Waals surface area contributed by atoms with Gasteiger partial charge in [-0.05, 0) is 35.9 Å². The first-order valence-electron chi connectivity index (χ1n) is 11.2. The molecule has 0 fully saturated rings. The molecule has 0 saturated heterocycles. The lowest BCUT2D eigenvalue weighted by Crippen LogP contribution is -2.43. The Hall–Kier alpha value is -3.49. The molecule has 0 atom stereocenters. The zero-order valence-electron chi connectivity index (χ0n) is 19.4. The molecular formula is C26H24Cl2N2O6. The van der Waals surface area contributed by atoms with E-state index in [1.165, 1.54) is 22.1 Å². The molecule has 2 amide bonds. The number of halogens is 2. The van der Waals surface area contributed by atoms with Crippen LogP contribution in [0.1, 0.15) is 17.5 Å². The lowest BCUT2D eigenvalue weighted by molar-refractivity contribution is -0.140. The highest BCUT2D eigenvalue weighted by Gasteiger charge is 2.23. The number of benzene rings is 2. The van der Waals surface area contributed by atoms with Crippen LogP contribution in [0.2, 0.25) is 5.02 Å². The van der Waals surface area contributed by atoms with E-state index in [4.69, 9.17) is 37.1 Å². The van der Waals surface area contributed by atoms with Gasteiger partial charge in [-0.2, -0.15) is 0 Å². The topological polar surface area (TPSA) is 89.3 Å². The van der Waals surface area contributed by atoms with Gasteiger partial charge in [-0.25, -0.2) is 0 Å². The van der Waals surface area contributed by atoms with Crippen molar-refractivity contribution in [2.75, 3.05) is 25.8 Å². The maximum Gasteiger partial charge on any atom is 0.242 e. The van der Waals surface area contributed by atoms with Crippen molar-refractivity contribution in [3.63, 3.8) is 0 Å². The van der Waals surface area contributed by atoms with Gasteiger partial charge in [0.15, 0.2) is 16.9 Å². The predicted octanol–water partition coefficient (Wildman–Crippen LogP) is 4.35. The second-order valence-corrected chi connectivity index (χ2v) is 8.98. The van der Waals surface area contributed by atoms with Gasteiger partial charge in [-0.15, -0.1) is 18.2 Å². The number of alkyl halides is 1. The highest BCUT2D eigenvalue weighted by molar-refractivity contribution is 6.31. The number of hydrogen-bond donors (Lipinski definition) is 0. The van der Waals surface area contributed by atoms with Gasteiger partial charge >= 0.3 is 0 Å². The van der Waals surface area contributed by atoms with Crippen molar-refractivity contribution in [1.82, 2.24) is 9.80 Å². The fourth-order valence-corrected chi connectivity index (χ4v) is 4.20. The quantitative estimate of drug-likeness (QED) is 0.286. The average molecular weight is 531 g/mol. The molecule has 1 aliphatic heterocycles. The fraction of sp³-hybridized carbons (Fsp3) is 0.269. The molecule has 0 saturated carbocycles. The zero-order valence-corrected chi connectivity index (χ0v) is 20.9. The molecule has 1 aromatic heterocycles. The van der Waals surface area contributed by atoms with E-state index in [9.17, 15) is 14.4 Å². The van der Waals surface area contributed by atoms with Crippen LogP contribution in [0.25, 0.3) is 11.0 Å². The monoisotopic (exact) mass is 530 g/mol. The minimum absolute atomic E-state index is 0.0380. The Morgan fingerprint density at radius 2 is 1.83 bits per heavy atom. The Labute approximate surface area is 217 Å². The molecule has 8 nitrogen and oxygen atoms in total. The molecule has 4 rings (SSSR count). The van der Waals surface area contributed by atoms with E-state index in [1.807, 2.05) is 6.07 Å². The molecule has 36 heavy (non-hydrogen) atoms. The van der Waals surface area contributed by atoms with E-state index in [0.29, 0.717) is 27.5 Å². The Balaban J connectivity index is 1.64. The summed E-state index contributed by atoms with van der Waals surface area (Å²) in [6.07, 6.45) is 2.99. The van der Waals surface area contributed by atoms with E-state index >= 15 is 0 Å². The first-order chi connectivity index (χ1) is 17.4. The van der Waals surface area contributed by atoms with Gasteiger partial charge in [-0.1, -0.05) is 23.7 Å². The van der Waals surface area contributed by atoms with E-state index in [2.05, 4.69) is 6.58 Å². The molecule has 2 aromatic carbocycles. The number of ether oxygens (including phenoxy) is 2.